The summed E-state index contributed by atoms with van der Waals surface area (Å²) in [5.74, 6) is -1.76. The van der Waals surface area contributed by atoms with Crippen LogP contribution in [0.15, 0.2) is 72.8 Å². The van der Waals surface area contributed by atoms with Gasteiger partial charge in [0.2, 0.25) is 5.91 Å². The SMILES string of the molecule is NC(CO)c1cccc(F)c1.O=C(CCl)CC(CO)c1cccc(F)c1.O=C1COCC(c2cccc(F)c2)N1. The van der Waals surface area contributed by atoms with Gasteiger partial charge in [0.25, 0.3) is 0 Å². The Kier molecular flexibility index (Phi) is 14.3. The van der Waals surface area contributed by atoms with Crippen molar-refractivity contribution in [2.75, 3.05) is 32.3 Å². The molecule has 0 aromatic heterocycles. The van der Waals surface area contributed by atoms with E-state index in [4.69, 9.17) is 32.3 Å². The number of aliphatic hydroxyl groups excluding tert-OH is 2. The molecule has 0 aliphatic carbocycles. The number of carbonyl (C=O) groups is 2. The number of morpholine rings is 1. The second-order valence-electron chi connectivity index (χ2n) is 8.85. The van der Waals surface area contributed by atoms with Crippen molar-refractivity contribution in [1.82, 2.24) is 5.32 Å². The number of nitrogens with two attached hydrogens (primary N) is 1. The van der Waals surface area contributed by atoms with Gasteiger partial charge in [0.15, 0.2) is 0 Å². The van der Waals surface area contributed by atoms with Crippen LogP contribution in [0.25, 0.3) is 0 Å². The fourth-order valence-corrected chi connectivity index (χ4v) is 3.78. The zero-order valence-electron chi connectivity index (χ0n) is 21.6. The number of nitrogens with one attached hydrogen (secondary N) is 1. The third kappa shape index (κ3) is 11.4. The first-order valence-electron chi connectivity index (χ1n) is 12.3. The largest absolute Gasteiger partial charge is 0.396 e. The number of ether oxygens (including phenoxy) is 1. The number of halogens is 4. The molecule has 4 rings (SSSR count). The first-order chi connectivity index (χ1) is 19.2. The summed E-state index contributed by atoms with van der Waals surface area (Å²) >= 11 is 5.37. The van der Waals surface area contributed by atoms with E-state index in [2.05, 4.69) is 5.32 Å². The molecule has 0 spiro atoms. The van der Waals surface area contributed by atoms with Crippen molar-refractivity contribution in [1.29, 1.82) is 0 Å². The molecule has 3 aromatic rings. The van der Waals surface area contributed by atoms with Crippen LogP contribution in [0, 0.1) is 17.5 Å². The molecule has 0 saturated carbocycles. The molecule has 1 amide bonds. The summed E-state index contributed by atoms with van der Waals surface area (Å²) < 4.78 is 43.3. The number of rotatable bonds is 8. The van der Waals surface area contributed by atoms with E-state index in [0.717, 1.165) is 5.56 Å². The smallest absolute Gasteiger partial charge is 0.246 e. The Morgan fingerprint density at radius 3 is 2.05 bits per heavy atom. The molecule has 0 bridgehead atoms. The van der Waals surface area contributed by atoms with Crippen LogP contribution in [0.5, 0.6) is 0 Å². The van der Waals surface area contributed by atoms with Gasteiger partial charge in [0, 0.05) is 12.3 Å². The van der Waals surface area contributed by atoms with E-state index < -0.39 is 6.04 Å². The normalized spacial score (nSPS) is 15.9. The maximum atomic E-state index is 12.9. The van der Waals surface area contributed by atoms with Gasteiger partial charge < -0.3 is 26.0 Å². The molecule has 1 fully saturated rings. The number of aliphatic hydroxyl groups is 2. The Bertz CT molecular complexity index is 1230. The quantitative estimate of drug-likeness (QED) is 0.300. The summed E-state index contributed by atoms with van der Waals surface area (Å²) in [6, 6.07) is 17.2. The lowest BCUT2D eigenvalue weighted by atomic mass is 9.95. The number of benzene rings is 3. The molecule has 7 nitrogen and oxygen atoms in total. The summed E-state index contributed by atoms with van der Waals surface area (Å²) in [5, 5.41) is 20.5. The Hall–Kier alpha value is -3.28. The van der Waals surface area contributed by atoms with E-state index in [1.54, 1.807) is 36.4 Å². The highest BCUT2D eigenvalue weighted by molar-refractivity contribution is 6.27. The van der Waals surface area contributed by atoms with Gasteiger partial charge in [-0.15, -0.1) is 11.6 Å². The van der Waals surface area contributed by atoms with Crippen LogP contribution < -0.4 is 11.1 Å². The fraction of sp³-hybridized carbons (Fsp3) is 0.310. The van der Waals surface area contributed by atoms with Crippen LogP contribution >= 0.6 is 11.6 Å². The molecule has 1 saturated heterocycles. The van der Waals surface area contributed by atoms with Crippen molar-refractivity contribution in [2.45, 2.75) is 24.4 Å². The van der Waals surface area contributed by atoms with Crippen molar-refractivity contribution in [2.24, 2.45) is 5.73 Å². The summed E-state index contributed by atoms with van der Waals surface area (Å²) in [7, 11) is 0. The van der Waals surface area contributed by atoms with E-state index in [1.807, 2.05) is 0 Å². The van der Waals surface area contributed by atoms with Crippen LogP contribution in [0.4, 0.5) is 13.2 Å². The van der Waals surface area contributed by atoms with Crippen molar-refractivity contribution in [3.8, 4) is 0 Å². The third-order valence-electron chi connectivity index (χ3n) is 5.74. The van der Waals surface area contributed by atoms with Crippen molar-refractivity contribution < 1.29 is 37.7 Å². The maximum Gasteiger partial charge on any atom is 0.246 e. The Morgan fingerprint density at radius 1 is 0.950 bits per heavy atom. The van der Waals surface area contributed by atoms with Gasteiger partial charge in [-0.25, -0.2) is 13.2 Å². The summed E-state index contributed by atoms with van der Waals surface area (Å²) in [5.41, 5.74) is 7.42. The zero-order chi connectivity index (χ0) is 29.5. The number of carbonyl (C=O) groups excluding carboxylic acids is 2. The lowest BCUT2D eigenvalue weighted by molar-refractivity contribution is -0.131. The summed E-state index contributed by atoms with van der Waals surface area (Å²) in [4.78, 5) is 22.1. The van der Waals surface area contributed by atoms with Gasteiger partial charge in [-0.2, -0.15) is 0 Å². The Labute approximate surface area is 235 Å². The lowest BCUT2D eigenvalue weighted by Crippen LogP contribution is -2.39. The molecule has 3 atom stereocenters. The van der Waals surface area contributed by atoms with Crippen LogP contribution in [-0.4, -0.2) is 54.2 Å². The van der Waals surface area contributed by atoms with Crippen LogP contribution in [0.3, 0.4) is 0 Å². The molecule has 1 aliphatic rings. The predicted octanol–water partition coefficient (Wildman–Crippen LogP) is 3.93. The van der Waals surface area contributed by atoms with Gasteiger partial charge in [-0.1, -0.05) is 36.4 Å². The molecule has 11 heteroatoms. The van der Waals surface area contributed by atoms with Gasteiger partial charge in [-0.3, -0.25) is 9.59 Å². The second kappa shape index (κ2) is 17.4. The summed E-state index contributed by atoms with van der Waals surface area (Å²) in [6.45, 7) is 0.135. The average molecular weight is 581 g/mol. The van der Waals surface area contributed by atoms with Gasteiger partial charge in [0.05, 0.1) is 37.8 Å². The minimum atomic E-state index is -0.481. The highest BCUT2D eigenvalue weighted by Crippen LogP contribution is 2.20. The fourth-order valence-electron chi connectivity index (χ4n) is 3.67. The number of alkyl halides is 1. The van der Waals surface area contributed by atoms with E-state index in [-0.39, 0.29) is 73.2 Å². The first kappa shape index (κ1) is 32.9. The van der Waals surface area contributed by atoms with E-state index in [9.17, 15) is 22.8 Å². The molecule has 216 valence electrons. The molecular formula is C29H32ClF3N2O5. The monoisotopic (exact) mass is 580 g/mol. The summed E-state index contributed by atoms with van der Waals surface area (Å²) in [6.07, 6.45) is 0.142. The molecule has 5 N–H and O–H groups in total. The number of hydrogen-bond donors (Lipinski definition) is 4. The molecule has 0 radical (unpaired) electrons. The number of hydrogen-bond acceptors (Lipinski definition) is 6. The average Bonchev–Trinajstić information content (AvgIpc) is 2.96. The van der Waals surface area contributed by atoms with E-state index >= 15 is 0 Å². The number of amides is 1. The molecule has 1 aliphatic heterocycles. The highest BCUT2D eigenvalue weighted by Gasteiger charge is 2.20. The zero-order valence-corrected chi connectivity index (χ0v) is 22.4. The Morgan fingerprint density at radius 2 is 1.52 bits per heavy atom. The van der Waals surface area contributed by atoms with E-state index in [1.165, 1.54) is 36.4 Å². The minimum absolute atomic E-state index is 0.0776. The number of Topliss-reactive ketones (excluding diaryl/α,β-unsaturated/α-hetero) is 1. The highest BCUT2D eigenvalue weighted by atomic mass is 35.5. The molecular weight excluding hydrogens is 549 g/mol. The predicted molar refractivity (Wildman–Crippen MR) is 145 cm³/mol. The van der Waals surface area contributed by atoms with Gasteiger partial charge in [0.1, 0.15) is 29.8 Å². The maximum absolute atomic E-state index is 12.9. The standard InChI is InChI=1S/C11H12ClFO2.C10H10FNO2.C8H10FNO/c12-6-11(15)5-9(7-14)8-2-1-3-10(13)4-8;11-8-3-1-2-7(4-8)9-5-14-6-10(13)12-9;9-7-3-1-2-6(4-7)8(10)5-11/h1-4,9,14H,5-7H2;1-4,9H,5-6H2,(H,12,13);1-4,8,11H,5,10H2. The van der Waals surface area contributed by atoms with E-state index in [0.29, 0.717) is 17.7 Å². The van der Waals surface area contributed by atoms with Crippen molar-refractivity contribution in [3.63, 3.8) is 0 Å². The van der Waals surface area contributed by atoms with Crippen LogP contribution in [0.1, 0.15) is 41.1 Å². The van der Waals surface area contributed by atoms with Gasteiger partial charge in [-0.05, 0) is 53.1 Å². The molecule has 3 unspecified atom stereocenters. The second-order valence-corrected chi connectivity index (χ2v) is 9.11. The molecule has 1 heterocycles. The Balaban J connectivity index is 0.000000213. The molecule has 3 aromatic carbocycles. The number of ketones is 1. The minimum Gasteiger partial charge on any atom is -0.396 e. The van der Waals surface area contributed by atoms with Crippen molar-refractivity contribution in [3.05, 3.63) is 107 Å². The van der Waals surface area contributed by atoms with Crippen LogP contribution in [0.2, 0.25) is 0 Å². The molecule has 40 heavy (non-hydrogen) atoms. The lowest BCUT2D eigenvalue weighted by Gasteiger charge is -2.23. The van der Waals surface area contributed by atoms with Crippen molar-refractivity contribution >= 4 is 23.3 Å². The van der Waals surface area contributed by atoms with Gasteiger partial charge >= 0.3 is 0 Å². The topological polar surface area (TPSA) is 122 Å². The first-order valence-corrected chi connectivity index (χ1v) is 12.9. The third-order valence-corrected chi connectivity index (χ3v) is 6.04. The van der Waals surface area contributed by atoms with Crippen LogP contribution in [-0.2, 0) is 14.3 Å².